The number of hydrogen-bond donors (Lipinski definition) is 2. The Morgan fingerprint density at radius 2 is 2.00 bits per heavy atom. The smallest absolute Gasteiger partial charge is 0.271 e. The zero-order valence-corrected chi connectivity index (χ0v) is 12.6. The molecular weight excluding hydrogens is 282 g/mol. The molecule has 20 heavy (non-hydrogen) atoms. The van der Waals surface area contributed by atoms with Crippen LogP contribution in [0.4, 0.5) is 5.82 Å². The Morgan fingerprint density at radius 3 is 2.50 bits per heavy atom. The van der Waals surface area contributed by atoms with Crippen molar-refractivity contribution >= 4 is 21.7 Å². The van der Waals surface area contributed by atoms with Crippen LogP contribution in [0, 0.1) is 0 Å². The summed E-state index contributed by atoms with van der Waals surface area (Å²) in [7, 11) is -0.425. The molecule has 0 aliphatic rings. The largest absolute Gasteiger partial charge is 0.369 e. The third-order valence-electron chi connectivity index (χ3n) is 2.44. The molecule has 0 radical (unpaired) electrons. The molecule has 1 heterocycles. The number of hydrogen-bond acceptors (Lipinski definition) is 6. The van der Waals surface area contributed by atoms with E-state index >= 15 is 0 Å². The molecule has 0 atom stereocenters. The number of amides is 1. The van der Waals surface area contributed by atoms with Crippen LogP contribution in [0.5, 0.6) is 0 Å². The Balaban J connectivity index is 2.51. The Kier molecular flexibility index (Phi) is 5.83. The summed E-state index contributed by atoms with van der Waals surface area (Å²) in [5.41, 5.74) is 0.147. The van der Waals surface area contributed by atoms with Crippen LogP contribution in [0.3, 0.4) is 0 Å². The zero-order chi connectivity index (χ0) is 15.2. The number of nitrogens with one attached hydrogen (secondary N) is 2. The second kappa shape index (κ2) is 7.15. The maximum absolute atomic E-state index is 11.7. The molecule has 0 saturated carbocycles. The van der Waals surface area contributed by atoms with Gasteiger partial charge in [-0.2, -0.15) is 0 Å². The number of carbonyl (C=O) groups is 1. The lowest BCUT2D eigenvalue weighted by Crippen LogP contribution is -2.34. The molecule has 0 bridgehead atoms. The van der Waals surface area contributed by atoms with Gasteiger partial charge in [0.05, 0.1) is 18.1 Å². The molecule has 0 unspecified atom stereocenters. The van der Waals surface area contributed by atoms with Crippen LogP contribution in [-0.2, 0) is 10.0 Å². The summed E-state index contributed by atoms with van der Waals surface area (Å²) in [6, 6.07) is 0. The van der Waals surface area contributed by atoms with E-state index in [-0.39, 0.29) is 18.0 Å². The zero-order valence-electron chi connectivity index (χ0n) is 11.8. The molecule has 1 aromatic rings. The minimum Gasteiger partial charge on any atom is -0.369 e. The standard InChI is InChI=1S/C11H19N5O3S/c1-4-12-10-8-14-9(7-15-10)11(17)13-5-6-20(18,19)16(2)3/h7-8H,4-6H2,1-3H3,(H,12,15)(H,13,17). The highest BCUT2D eigenvalue weighted by atomic mass is 32.2. The van der Waals surface area contributed by atoms with Crippen molar-refractivity contribution in [3.63, 3.8) is 0 Å². The van der Waals surface area contributed by atoms with Crippen molar-refractivity contribution in [3.8, 4) is 0 Å². The molecule has 0 aliphatic carbocycles. The number of aromatic nitrogens is 2. The monoisotopic (exact) mass is 301 g/mol. The first-order valence-corrected chi connectivity index (χ1v) is 7.72. The fourth-order valence-corrected chi connectivity index (χ4v) is 2.01. The third-order valence-corrected chi connectivity index (χ3v) is 4.28. The van der Waals surface area contributed by atoms with Crippen molar-refractivity contribution < 1.29 is 13.2 Å². The van der Waals surface area contributed by atoms with Gasteiger partial charge in [0, 0.05) is 27.2 Å². The third kappa shape index (κ3) is 4.74. The average molecular weight is 301 g/mol. The van der Waals surface area contributed by atoms with Crippen LogP contribution in [0.15, 0.2) is 12.4 Å². The molecule has 0 saturated heterocycles. The van der Waals surface area contributed by atoms with Crippen molar-refractivity contribution in [2.24, 2.45) is 0 Å². The van der Waals surface area contributed by atoms with Crippen LogP contribution in [0.1, 0.15) is 17.4 Å². The average Bonchev–Trinajstić information content (AvgIpc) is 2.39. The van der Waals surface area contributed by atoms with Crippen molar-refractivity contribution in [3.05, 3.63) is 18.1 Å². The molecule has 0 fully saturated rings. The Bertz CT molecular complexity index is 542. The number of carbonyl (C=O) groups excluding carboxylic acids is 1. The topological polar surface area (TPSA) is 104 Å². The lowest BCUT2D eigenvalue weighted by atomic mass is 10.4. The first-order valence-electron chi connectivity index (χ1n) is 6.11. The second-order valence-electron chi connectivity index (χ2n) is 4.17. The first kappa shape index (κ1) is 16.3. The molecule has 8 nitrogen and oxygen atoms in total. The van der Waals surface area contributed by atoms with Gasteiger partial charge in [0.2, 0.25) is 10.0 Å². The molecule has 0 aliphatic heterocycles. The lowest BCUT2D eigenvalue weighted by molar-refractivity contribution is 0.0950. The van der Waals surface area contributed by atoms with E-state index < -0.39 is 15.9 Å². The fourth-order valence-electron chi connectivity index (χ4n) is 1.28. The van der Waals surface area contributed by atoms with Gasteiger partial charge in [-0.05, 0) is 6.92 Å². The van der Waals surface area contributed by atoms with E-state index in [0.29, 0.717) is 12.4 Å². The minimum absolute atomic E-state index is 0.0238. The van der Waals surface area contributed by atoms with Gasteiger partial charge in [0.25, 0.3) is 5.91 Å². The van der Waals surface area contributed by atoms with Gasteiger partial charge in [-0.25, -0.2) is 22.7 Å². The van der Waals surface area contributed by atoms with E-state index in [4.69, 9.17) is 0 Å². The SMILES string of the molecule is CCNc1cnc(C(=O)NCCS(=O)(=O)N(C)C)cn1. The quantitative estimate of drug-likeness (QED) is 0.705. The Hall–Kier alpha value is -1.74. The number of anilines is 1. The summed E-state index contributed by atoms with van der Waals surface area (Å²) in [5.74, 6) is -0.0250. The normalized spacial score (nSPS) is 11.4. The highest BCUT2D eigenvalue weighted by molar-refractivity contribution is 7.89. The Labute approximate surface area is 118 Å². The van der Waals surface area contributed by atoms with Gasteiger partial charge in [-0.1, -0.05) is 0 Å². The maximum Gasteiger partial charge on any atom is 0.271 e. The van der Waals surface area contributed by atoms with E-state index in [9.17, 15) is 13.2 Å². The molecular formula is C11H19N5O3S. The van der Waals surface area contributed by atoms with Crippen molar-refractivity contribution in [1.29, 1.82) is 0 Å². The predicted octanol–water partition coefficient (Wildman–Crippen LogP) is -0.470. The maximum atomic E-state index is 11.7. The molecule has 1 aromatic heterocycles. The van der Waals surface area contributed by atoms with Crippen molar-refractivity contribution in [1.82, 2.24) is 19.6 Å². The summed E-state index contributed by atoms with van der Waals surface area (Å²) < 4.78 is 24.1. The second-order valence-corrected chi connectivity index (χ2v) is 6.47. The number of rotatable bonds is 7. The number of sulfonamides is 1. The van der Waals surface area contributed by atoms with Crippen molar-refractivity contribution in [2.45, 2.75) is 6.92 Å². The van der Waals surface area contributed by atoms with E-state index in [2.05, 4.69) is 20.6 Å². The van der Waals surface area contributed by atoms with Gasteiger partial charge in [0.1, 0.15) is 11.5 Å². The summed E-state index contributed by atoms with van der Waals surface area (Å²) in [6.45, 7) is 2.66. The summed E-state index contributed by atoms with van der Waals surface area (Å²) in [4.78, 5) is 19.7. The van der Waals surface area contributed by atoms with Crippen LogP contribution in [0.25, 0.3) is 0 Å². The van der Waals surface area contributed by atoms with E-state index in [1.807, 2.05) is 6.92 Å². The minimum atomic E-state index is -3.32. The van der Waals surface area contributed by atoms with Crippen LogP contribution in [0.2, 0.25) is 0 Å². The summed E-state index contributed by atoms with van der Waals surface area (Å²) in [5, 5.41) is 5.45. The highest BCUT2D eigenvalue weighted by Gasteiger charge is 2.14. The molecule has 1 rings (SSSR count). The summed E-state index contributed by atoms with van der Waals surface area (Å²) in [6.07, 6.45) is 2.79. The molecule has 1 amide bonds. The van der Waals surface area contributed by atoms with Crippen LogP contribution in [-0.4, -0.2) is 61.5 Å². The molecule has 9 heteroatoms. The van der Waals surface area contributed by atoms with Gasteiger partial charge < -0.3 is 10.6 Å². The first-order chi connectivity index (χ1) is 9.36. The van der Waals surface area contributed by atoms with Gasteiger partial charge in [-0.3, -0.25) is 4.79 Å². The Morgan fingerprint density at radius 1 is 1.30 bits per heavy atom. The van der Waals surface area contributed by atoms with Gasteiger partial charge >= 0.3 is 0 Å². The number of nitrogens with zero attached hydrogens (tertiary/aromatic N) is 3. The van der Waals surface area contributed by atoms with Crippen molar-refractivity contribution in [2.75, 3.05) is 38.3 Å². The van der Waals surface area contributed by atoms with E-state index in [0.717, 1.165) is 4.31 Å². The summed E-state index contributed by atoms with van der Waals surface area (Å²) >= 11 is 0. The van der Waals surface area contributed by atoms with Crippen LogP contribution < -0.4 is 10.6 Å². The molecule has 112 valence electrons. The molecule has 0 spiro atoms. The predicted molar refractivity (Wildman–Crippen MR) is 76.0 cm³/mol. The lowest BCUT2D eigenvalue weighted by Gasteiger charge is -2.11. The highest BCUT2D eigenvalue weighted by Crippen LogP contribution is 2.00. The van der Waals surface area contributed by atoms with E-state index in [1.54, 1.807) is 0 Å². The molecule has 2 N–H and O–H groups in total. The fraction of sp³-hybridized carbons (Fsp3) is 0.545. The van der Waals surface area contributed by atoms with Gasteiger partial charge in [0.15, 0.2) is 0 Å². The van der Waals surface area contributed by atoms with Gasteiger partial charge in [-0.15, -0.1) is 0 Å². The van der Waals surface area contributed by atoms with Crippen LogP contribution >= 0.6 is 0 Å². The molecule has 0 aromatic carbocycles. The van der Waals surface area contributed by atoms with E-state index in [1.165, 1.54) is 26.5 Å².